The number of aromatic carboxylic acids is 1. The number of rotatable bonds is 5. The zero-order valence-corrected chi connectivity index (χ0v) is 14.8. The van der Waals surface area contributed by atoms with Crippen LogP contribution in [0.2, 0.25) is 0 Å². The molecule has 0 saturated carbocycles. The number of carboxylic acids is 1. The highest BCUT2D eigenvalue weighted by Gasteiger charge is 2.07. The summed E-state index contributed by atoms with van der Waals surface area (Å²) >= 11 is 1.70. The Bertz CT molecular complexity index is 856. The summed E-state index contributed by atoms with van der Waals surface area (Å²) in [5.41, 5.74) is 2.49. The number of carboxylic acid groups (broad SMARTS) is 1. The zero-order valence-electron chi connectivity index (χ0n) is 14.0. The van der Waals surface area contributed by atoms with Crippen LogP contribution in [0.4, 0.5) is 5.69 Å². The number of hydrogen-bond donors (Lipinski definition) is 2. The molecule has 0 amide bonds. The molecule has 2 N–H and O–H groups in total. The summed E-state index contributed by atoms with van der Waals surface area (Å²) in [7, 11) is 0. The van der Waals surface area contributed by atoms with Crippen molar-refractivity contribution in [2.45, 2.75) is 6.42 Å². The molecule has 132 valence electrons. The molecule has 0 unspecified atom stereocenters. The Kier molecular flexibility index (Phi) is 5.86. The molecule has 0 aromatic heterocycles. The minimum absolute atomic E-state index is 0.108. The van der Waals surface area contributed by atoms with E-state index in [1.165, 1.54) is 18.2 Å². The van der Waals surface area contributed by atoms with Gasteiger partial charge in [0.15, 0.2) is 11.0 Å². The van der Waals surface area contributed by atoms with Crippen molar-refractivity contribution in [3.05, 3.63) is 71.3 Å². The molecule has 1 aliphatic heterocycles. The van der Waals surface area contributed by atoms with Crippen LogP contribution < -0.4 is 5.32 Å². The number of carbonyl (C=O) groups excluding carboxylic acids is 1. The molecule has 2 aromatic carbocycles. The first-order valence-electron chi connectivity index (χ1n) is 8.22. The lowest BCUT2D eigenvalue weighted by molar-refractivity contribution is 0.0696. The van der Waals surface area contributed by atoms with E-state index in [2.05, 4.69) is 10.3 Å². The van der Waals surface area contributed by atoms with Gasteiger partial charge < -0.3 is 10.4 Å². The molecular formula is C20H18N2O3S. The first-order valence-corrected chi connectivity index (χ1v) is 9.20. The van der Waals surface area contributed by atoms with Crippen LogP contribution in [0.25, 0.3) is 6.08 Å². The predicted molar refractivity (Wildman–Crippen MR) is 106 cm³/mol. The molecular weight excluding hydrogens is 348 g/mol. The molecule has 0 spiro atoms. The number of amidine groups is 1. The van der Waals surface area contributed by atoms with Crippen molar-refractivity contribution in [2.24, 2.45) is 4.99 Å². The van der Waals surface area contributed by atoms with Gasteiger partial charge in [-0.2, -0.15) is 0 Å². The van der Waals surface area contributed by atoms with Crippen LogP contribution in [0.1, 0.15) is 32.7 Å². The van der Waals surface area contributed by atoms with Crippen molar-refractivity contribution < 1.29 is 14.7 Å². The van der Waals surface area contributed by atoms with E-state index in [9.17, 15) is 9.59 Å². The largest absolute Gasteiger partial charge is 0.478 e. The maximum atomic E-state index is 12.3. The first-order chi connectivity index (χ1) is 12.6. The number of thioether (sulfide) groups is 1. The number of carbonyl (C=O) groups is 2. The summed E-state index contributed by atoms with van der Waals surface area (Å²) in [4.78, 5) is 27.5. The van der Waals surface area contributed by atoms with E-state index in [1.54, 1.807) is 42.1 Å². The molecule has 0 fully saturated rings. The van der Waals surface area contributed by atoms with Crippen LogP contribution in [0.5, 0.6) is 0 Å². The highest BCUT2D eigenvalue weighted by molar-refractivity contribution is 8.14. The average Bonchev–Trinajstić information content (AvgIpc) is 2.68. The normalized spacial score (nSPS) is 14.1. The summed E-state index contributed by atoms with van der Waals surface area (Å²) < 4.78 is 0. The molecule has 6 heteroatoms. The van der Waals surface area contributed by atoms with Crippen molar-refractivity contribution in [3.63, 3.8) is 0 Å². The maximum absolute atomic E-state index is 12.3. The second-order valence-corrected chi connectivity index (χ2v) is 6.80. The number of hydrogen-bond acceptors (Lipinski definition) is 5. The Morgan fingerprint density at radius 2 is 1.73 bits per heavy atom. The average molecular weight is 366 g/mol. The van der Waals surface area contributed by atoms with Crippen LogP contribution in [0.3, 0.4) is 0 Å². The Balaban J connectivity index is 1.62. The van der Waals surface area contributed by atoms with Crippen LogP contribution in [-0.2, 0) is 0 Å². The molecule has 0 radical (unpaired) electrons. The maximum Gasteiger partial charge on any atom is 0.335 e. The summed E-state index contributed by atoms with van der Waals surface area (Å²) in [6.07, 6.45) is 4.27. The van der Waals surface area contributed by atoms with Gasteiger partial charge >= 0.3 is 5.97 Å². The van der Waals surface area contributed by atoms with E-state index in [1.807, 2.05) is 12.1 Å². The highest BCUT2D eigenvalue weighted by atomic mass is 32.2. The fraction of sp³-hybridized carbons (Fsp3) is 0.150. The lowest BCUT2D eigenvalue weighted by atomic mass is 10.1. The van der Waals surface area contributed by atoms with Gasteiger partial charge in [0.05, 0.1) is 5.56 Å². The summed E-state index contributed by atoms with van der Waals surface area (Å²) in [6, 6.07) is 13.6. The molecule has 3 rings (SSSR count). The molecule has 1 heterocycles. The Morgan fingerprint density at radius 1 is 1.04 bits per heavy atom. The molecule has 0 saturated heterocycles. The number of ketones is 1. The van der Waals surface area contributed by atoms with Crippen molar-refractivity contribution >= 4 is 40.4 Å². The molecule has 0 atom stereocenters. The van der Waals surface area contributed by atoms with Crippen LogP contribution in [-0.4, -0.2) is 34.3 Å². The number of nitrogens with one attached hydrogen (secondary N) is 1. The van der Waals surface area contributed by atoms with E-state index in [4.69, 9.17) is 5.11 Å². The van der Waals surface area contributed by atoms with Gasteiger partial charge in [-0.1, -0.05) is 30.0 Å². The Labute approximate surface area is 155 Å². The molecule has 0 aliphatic carbocycles. The zero-order chi connectivity index (χ0) is 18.4. The second kappa shape index (κ2) is 8.49. The smallest absolute Gasteiger partial charge is 0.335 e. The summed E-state index contributed by atoms with van der Waals surface area (Å²) in [6.45, 7) is 0.851. The van der Waals surface area contributed by atoms with Gasteiger partial charge in [0.1, 0.15) is 0 Å². The number of benzene rings is 2. The minimum Gasteiger partial charge on any atom is -0.478 e. The third-order valence-corrected chi connectivity index (χ3v) is 4.80. The molecule has 26 heavy (non-hydrogen) atoms. The lowest BCUT2D eigenvalue weighted by Crippen LogP contribution is -2.13. The van der Waals surface area contributed by atoms with Crippen LogP contribution in [0, 0.1) is 0 Å². The third kappa shape index (κ3) is 4.83. The fourth-order valence-electron chi connectivity index (χ4n) is 2.38. The minimum atomic E-state index is -0.970. The Morgan fingerprint density at radius 3 is 2.35 bits per heavy atom. The second-order valence-electron chi connectivity index (χ2n) is 5.72. The van der Waals surface area contributed by atoms with Crippen molar-refractivity contribution in [3.8, 4) is 0 Å². The molecule has 0 bridgehead atoms. The van der Waals surface area contributed by atoms with Crippen molar-refractivity contribution in [1.29, 1.82) is 0 Å². The van der Waals surface area contributed by atoms with Crippen molar-refractivity contribution in [1.82, 2.24) is 0 Å². The van der Waals surface area contributed by atoms with Crippen molar-refractivity contribution in [2.75, 3.05) is 17.6 Å². The highest BCUT2D eigenvalue weighted by Crippen LogP contribution is 2.17. The molecule has 1 aliphatic rings. The van der Waals surface area contributed by atoms with Gasteiger partial charge in [-0.05, 0) is 54.5 Å². The van der Waals surface area contributed by atoms with Gasteiger partial charge in [-0.3, -0.25) is 9.79 Å². The van der Waals surface area contributed by atoms with E-state index in [-0.39, 0.29) is 11.3 Å². The monoisotopic (exact) mass is 366 g/mol. The number of aliphatic imine (C=N–C) groups is 1. The summed E-state index contributed by atoms with van der Waals surface area (Å²) in [5.74, 6) is -0.00757. The number of anilines is 1. The Hall–Kier alpha value is -2.86. The SMILES string of the molecule is O=C(O)c1ccc(C=CC(=O)c2ccc(NC3=NCCCS3)cc2)cc1. The predicted octanol–water partition coefficient (Wildman–Crippen LogP) is 4.19. The topological polar surface area (TPSA) is 78.8 Å². The van der Waals surface area contributed by atoms with E-state index >= 15 is 0 Å². The van der Waals surface area contributed by atoms with Gasteiger partial charge in [0, 0.05) is 23.5 Å². The third-order valence-electron chi connectivity index (χ3n) is 3.80. The molecule has 5 nitrogen and oxygen atoms in total. The van der Waals surface area contributed by atoms with Gasteiger partial charge in [0.25, 0.3) is 0 Å². The van der Waals surface area contributed by atoms with Gasteiger partial charge in [-0.25, -0.2) is 4.79 Å². The van der Waals surface area contributed by atoms with E-state index in [0.717, 1.165) is 35.1 Å². The molecule has 2 aromatic rings. The van der Waals surface area contributed by atoms with Gasteiger partial charge in [0.2, 0.25) is 0 Å². The quantitative estimate of drug-likeness (QED) is 0.613. The number of allylic oxidation sites excluding steroid dienone is 1. The lowest BCUT2D eigenvalue weighted by Gasteiger charge is -2.13. The fourth-order valence-corrected chi connectivity index (χ4v) is 3.22. The summed E-state index contributed by atoms with van der Waals surface area (Å²) in [5, 5.41) is 13.1. The van der Waals surface area contributed by atoms with E-state index < -0.39 is 5.97 Å². The van der Waals surface area contributed by atoms with E-state index in [0.29, 0.717) is 5.56 Å². The number of nitrogens with zero attached hydrogens (tertiary/aromatic N) is 1. The first kappa shape index (κ1) is 17.9. The van der Waals surface area contributed by atoms with Crippen LogP contribution in [0.15, 0.2) is 59.6 Å². The standard InChI is InChI=1S/C20H18N2O3S/c23-18(11-4-14-2-5-16(6-3-14)19(24)25)15-7-9-17(10-8-15)22-20-21-12-1-13-26-20/h2-11H,1,12-13H2,(H,21,22)(H,24,25). The van der Waals surface area contributed by atoms with Crippen LogP contribution >= 0.6 is 11.8 Å². The van der Waals surface area contributed by atoms with Gasteiger partial charge in [-0.15, -0.1) is 0 Å².